The molecule has 1 aliphatic rings. The molecule has 0 aliphatic heterocycles. The van der Waals surface area contributed by atoms with E-state index in [0.717, 1.165) is 13.0 Å². The average Bonchev–Trinajstić information content (AvgIpc) is 3.13. The molecular formula is C14H18FNO. The van der Waals surface area contributed by atoms with Crippen LogP contribution in [0.2, 0.25) is 0 Å². The van der Waals surface area contributed by atoms with Gasteiger partial charge in [0.05, 0.1) is 6.54 Å². The molecule has 0 atom stereocenters. The second-order valence-electron chi connectivity index (χ2n) is 4.63. The Labute approximate surface area is 101 Å². The Balaban J connectivity index is 1.97. The van der Waals surface area contributed by atoms with E-state index in [-0.39, 0.29) is 11.6 Å². The molecule has 0 bridgehead atoms. The molecule has 0 N–H and O–H groups in total. The summed E-state index contributed by atoms with van der Waals surface area (Å²) in [6, 6.07) is 6.41. The summed E-state index contributed by atoms with van der Waals surface area (Å²) in [4.78, 5) is 14.3. The Hall–Kier alpha value is -1.22. The van der Waals surface area contributed by atoms with Crippen LogP contribution in [0.25, 0.3) is 0 Å². The first-order valence-electron chi connectivity index (χ1n) is 6.23. The van der Waals surface area contributed by atoms with Gasteiger partial charge in [-0.05, 0) is 50.1 Å². The highest BCUT2D eigenvalue weighted by atomic mass is 19.1. The molecule has 1 saturated carbocycles. The first-order chi connectivity index (χ1) is 8.20. The molecule has 1 aliphatic carbocycles. The molecular weight excluding hydrogens is 217 g/mol. The normalized spacial score (nSPS) is 15.2. The van der Waals surface area contributed by atoms with Crippen molar-refractivity contribution in [2.45, 2.75) is 32.2 Å². The molecule has 0 spiro atoms. The van der Waals surface area contributed by atoms with E-state index in [1.54, 1.807) is 12.1 Å². The van der Waals surface area contributed by atoms with Gasteiger partial charge in [-0.2, -0.15) is 0 Å². The van der Waals surface area contributed by atoms with Crippen molar-refractivity contribution in [2.24, 2.45) is 0 Å². The molecule has 1 fully saturated rings. The summed E-state index contributed by atoms with van der Waals surface area (Å²) in [6.45, 7) is 3.56. The highest BCUT2D eigenvalue weighted by molar-refractivity contribution is 5.97. The Morgan fingerprint density at radius 1 is 1.35 bits per heavy atom. The van der Waals surface area contributed by atoms with Crippen LogP contribution in [0, 0.1) is 5.82 Å². The molecule has 1 aromatic rings. The lowest BCUT2D eigenvalue weighted by Crippen LogP contribution is -2.32. The summed E-state index contributed by atoms with van der Waals surface area (Å²) in [5.41, 5.74) is 0.605. The van der Waals surface area contributed by atoms with Gasteiger partial charge in [0.15, 0.2) is 5.78 Å². The first kappa shape index (κ1) is 12.2. The van der Waals surface area contributed by atoms with Crippen molar-refractivity contribution in [1.29, 1.82) is 0 Å². The molecule has 2 nitrogen and oxygen atoms in total. The largest absolute Gasteiger partial charge is 0.293 e. The SMILES string of the molecule is CCCN(CC(=O)c1ccc(F)cc1)C1CC1. The summed E-state index contributed by atoms with van der Waals surface area (Å²) in [5.74, 6) is -0.209. The number of nitrogens with zero attached hydrogens (tertiary/aromatic N) is 1. The number of halogens is 1. The van der Waals surface area contributed by atoms with E-state index in [0.29, 0.717) is 18.2 Å². The second kappa shape index (κ2) is 5.41. The van der Waals surface area contributed by atoms with Gasteiger partial charge < -0.3 is 0 Å². The summed E-state index contributed by atoms with van der Waals surface area (Å²) in [6.07, 6.45) is 3.47. The summed E-state index contributed by atoms with van der Waals surface area (Å²) in [5, 5.41) is 0. The lowest BCUT2D eigenvalue weighted by atomic mass is 10.1. The number of hydrogen-bond acceptors (Lipinski definition) is 2. The van der Waals surface area contributed by atoms with E-state index in [4.69, 9.17) is 0 Å². The smallest absolute Gasteiger partial charge is 0.176 e. The van der Waals surface area contributed by atoms with Crippen LogP contribution in [-0.4, -0.2) is 29.8 Å². The van der Waals surface area contributed by atoms with Crippen molar-refractivity contribution in [2.75, 3.05) is 13.1 Å². The van der Waals surface area contributed by atoms with Gasteiger partial charge in [-0.3, -0.25) is 9.69 Å². The van der Waals surface area contributed by atoms with Crippen LogP contribution in [0.4, 0.5) is 4.39 Å². The molecule has 0 amide bonds. The van der Waals surface area contributed by atoms with Crippen LogP contribution in [0.3, 0.4) is 0 Å². The molecule has 92 valence electrons. The van der Waals surface area contributed by atoms with Crippen LogP contribution >= 0.6 is 0 Å². The van der Waals surface area contributed by atoms with Crippen molar-refractivity contribution in [3.05, 3.63) is 35.6 Å². The number of Topliss-reactive ketones (excluding diaryl/α,β-unsaturated/α-hetero) is 1. The van der Waals surface area contributed by atoms with Crippen LogP contribution in [0.5, 0.6) is 0 Å². The number of benzene rings is 1. The first-order valence-corrected chi connectivity index (χ1v) is 6.23. The fourth-order valence-corrected chi connectivity index (χ4v) is 2.03. The highest BCUT2D eigenvalue weighted by Gasteiger charge is 2.29. The molecule has 2 rings (SSSR count). The quantitative estimate of drug-likeness (QED) is 0.707. The maximum absolute atomic E-state index is 12.7. The second-order valence-corrected chi connectivity index (χ2v) is 4.63. The van der Waals surface area contributed by atoms with E-state index in [1.165, 1.54) is 25.0 Å². The topological polar surface area (TPSA) is 20.3 Å². The molecule has 3 heteroatoms. The molecule has 0 heterocycles. The van der Waals surface area contributed by atoms with Gasteiger partial charge >= 0.3 is 0 Å². The number of ketones is 1. The molecule has 0 saturated heterocycles. The van der Waals surface area contributed by atoms with Crippen LogP contribution < -0.4 is 0 Å². The van der Waals surface area contributed by atoms with Gasteiger partial charge in [0, 0.05) is 11.6 Å². The lowest BCUT2D eigenvalue weighted by Gasteiger charge is -2.20. The fraction of sp³-hybridized carbons (Fsp3) is 0.500. The monoisotopic (exact) mass is 235 g/mol. The van der Waals surface area contributed by atoms with Crippen molar-refractivity contribution in [3.63, 3.8) is 0 Å². The Bertz CT molecular complexity index is 384. The molecule has 17 heavy (non-hydrogen) atoms. The van der Waals surface area contributed by atoms with Gasteiger partial charge in [0.1, 0.15) is 5.82 Å². The minimum Gasteiger partial charge on any atom is -0.293 e. The lowest BCUT2D eigenvalue weighted by molar-refractivity contribution is 0.0924. The fourth-order valence-electron chi connectivity index (χ4n) is 2.03. The summed E-state index contributed by atoms with van der Waals surface area (Å²) >= 11 is 0. The summed E-state index contributed by atoms with van der Waals surface area (Å²) < 4.78 is 12.7. The maximum atomic E-state index is 12.7. The van der Waals surface area contributed by atoms with E-state index in [9.17, 15) is 9.18 Å². The summed E-state index contributed by atoms with van der Waals surface area (Å²) in [7, 11) is 0. The minimum atomic E-state index is -0.297. The third-order valence-electron chi connectivity index (χ3n) is 3.09. The Kier molecular flexibility index (Phi) is 3.89. The predicted molar refractivity (Wildman–Crippen MR) is 65.6 cm³/mol. The molecule has 0 aromatic heterocycles. The third-order valence-corrected chi connectivity index (χ3v) is 3.09. The van der Waals surface area contributed by atoms with Crippen molar-refractivity contribution >= 4 is 5.78 Å². The zero-order valence-corrected chi connectivity index (χ0v) is 10.2. The van der Waals surface area contributed by atoms with Gasteiger partial charge in [0.25, 0.3) is 0 Å². The number of rotatable bonds is 6. The zero-order valence-electron chi connectivity index (χ0n) is 10.2. The van der Waals surface area contributed by atoms with Crippen LogP contribution in [0.1, 0.15) is 36.5 Å². The van der Waals surface area contributed by atoms with E-state index in [1.807, 2.05) is 0 Å². The van der Waals surface area contributed by atoms with Crippen LogP contribution in [-0.2, 0) is 0 Å². The van der Waals surface area contributed by atoms with E-state index in [2.05, 4.69) is 11.8 Å². The number of hydrogen-bond donors (Lipinski definition) is 0. The van der Waals surface area contributed by atoms with E-state index < -0.39 is 0 Å². The van der Waals surface area contributed by atoms with Gasteiger partial charge in [-0.15, -0.1) is 0 Å². The predicted octanol–water partition coefficient (Wildman–Crippen LogP) is 2.88. The highest BCUT2D eigenvalue weighted by Crippen LogP contribution is 2.27. The van der Waals surface area contributed by atoms with Crippen molar-refractivity contribution in [3.8, 4) is 0 Å². The number of carbonyl (C=O) groups excluding carboxylic acids is 1. The minimum absolute atomic E-state index is 0.0883. The maximum Gasteiger partial charge on any atom is 0.176 e. The van der Waals surface area contributed by atoms with Crippen molar-refractivity contribution < 1.29 is 9.18 Å². The molecule has 1 aromatic carbocycles. The Morgan fingerprint density at radius 3 is 2.53 bits per heavy atom. The van der Waals surface area contributed by atoms with Gasteiger partial charge in [-0.1, -0.05) is 6.92 Å². The average molecular weight is 235 g/mol. The van der Waals surface area contributed by atoms with Gasteiger partial charge in [-0.25, -0.2) is 4.39 Å². The zero-order chi connectivity index (χ0) is 12.3. The Morgan fingerprint density at radius 2 is 2.00 bits per heavy atom. The number of carbonyl (C=O) groups is 1. The van der Waals surface area contributed by atoms with E-state index >= 15 is 0 Å². The van der Waals surface area contributed by atoms with Gasteiger partial charge in [0.2, 0.25) is 0 Å². The van der Waals surface area contributed by atoms with Crippen LogP contribution in [0.15, 0.2) is 24.3 Å². The molecule has 0 unspecified atom stereocenters. The van der Waals surface area contributed by atoms with Crippen molar-refractivity contribution in [1.82, 2.24) is 4.90 Å². The molecule has 0 radical (unpaired) electrons. The standard InChI is InChI=1S/C14H18FNO/c1-2-9-16(13-7-8-13)10-14(17)11-3-5-12(15)6-4-11/h3-6,13H,2,7-10H2,1H3. The third kappa shape index (κ3) is 3.37.